The molecule has 7 nitrogen and oxygen atoms in total. The molecule has 0 unspecified atom stereocenters. The first-order valence-electron chi connectivity index (χ1n) is 10.8. The van der Waals surface area contributed by atoms with Crippen molar-refractivity contribution in [2.75, 3.05) is 23.7 Å². The Balaban J connectivity index is 1.60. The Morgan fingerprint density at radius 1 is 0.971 bits per heavy atom. The molecule has 0 bridgehead atoms. The van der Waals surface area contributed by atoms with Gasteiger partial charge >= 0.3 is 0 Å². The largest absolute Gasteiger partial charge is 0.492 e. The molecule has 0 radical (unpaired) electrons. The van der Waals surface area contributed by atoms with Crippen LogP contribution in [-0.4, -0.2) is 39.9 Å². The molecule has 0 aromatic heterocycles. The minimum absolute atomic E-state index is 0.297. The lowest BCUT2D eigenvalue weighted by molar-refractivity contribution is -0.119. The first kappa shape index (κ1) is 23.3. The van der Waals surface area contributed by atoms with Crippen LogP contribution in [0.25, 0.3) is 21.5 Å². The Hall–Kier alpha value is -3.91. The number of para-hydroxylation sites is 2. The van der Waals surface area contributed by atoms with Crippen molar-refractivity contribution in [3.63, 3.8) is 0 Å². The second kappa shape index (κ2) is 9.93. The summed E-state index contributed by atoms with van der Waals surface area (Å²) in [5.41, 5.74) is 3.64. The molecule has 0 saturated carbocycles. The van der Waals surface area contributed by atoms with Crippen LogP contribution in [0.15, 0.2) is 84.0 Å². The first-order valence-corrected chi connectivity index (χ1v) is 12.6. The van der Waals surface area contributed by atoms with E-state index in [-0.39, 0.29) is 0 Å². The van der Waals surface area contributed by atoms with Gasteiger partial charge in [0.15, 0.2) is 0 Å². The standard InChI is InChI=1S/C26H25N3O4S/c1-3-33-25-15-9-8-14-24(25)29(34(2,31)32)18-26(30)28-27-17-23-21-12-6-4-10-19(21)16-20-11-5-7-13-22(20)23/h4-17H,3,18H2,1-2H3,(H,28,30)/b27-17-. The highest BCUT2D eigenvalue weighted by molar-refractivity contribution is 7.92. The van der Waals surface area contributed by atoms with Crippen LogP contribution in [0.4, 0.5) is 5.69 Å². The number of nitrogens with zero attached hydrogens (tertiary/aromatic N) is 2. The van der Waals surface area contributed by atoms with Gasteiger partial charge in [-0.05, 0) is 46.7 Å². The lowest BCUT2D eigenvalue weighted by atomic mass is 9.97. The number of fused-ring (bicyclic) bond motifs is 2. The van der Waals surface area contributed by atoms with Crippen molar-refractivity contribution in [3.8, 4) is 5.75 Å². The number of ether oxygens (including phenoxy) is 1. The second-order valence-corrected chi connectivity index (χ2v) is 9.60. The van der Waals surface area contributed by atoms with Gasteiger partial charge in [0.2, 0.25) is 10.0 Å². The minimum Gasteiger partial charge on any atom is -0.492 e. The van der Waals surface area contributed by atoms with Gasteiger partial charge in [-0.15, -0.1) is 0 Å². The molecule has 0 fully saturated rings. The van der Waals surface area contributed by atoms with E-state index in [2.05, 4.69) is 16.6 Å². The summed E-state index contributed by atoms with van der Waals surface area (Å²) < 4.78 is 31.5. The van der Waals surface area contributed by atoms with Gasteiger partial charge in [0, 0.05) is 5.56 Å². The zero-order valence-electron chi connectivity index (χ0n) is 18.9. The molecule has 174 valence electrons. The number of anilines is 1. The van der Waals surface area contributed by atoms with Crippen LogP contribution in [0.1, 0.15) is 12.5 Å². The Morgan fingerprint density at radius 3 is 2.18 bits per heavy atom. The summed E-state index contributed by atoms with van der Waals surface area (Å²) in [5.74, 6) is -0.188. The molecule has 0 aliphatic carbocycles. The lowest BCUT2D eigenvalue weighted by Gasteiger charge is -2.23. The first-order chi connectivity index (χ1) is 16.4. The van der Waals surface area contributed by atoms with Gasteiger partial charge in [-0.2, -0.15) is 5.10 Å². The van der Waals surface area contributed by atoms with E-state index in [1.165, 1.54) is 0 Å². The number of sulfonamides is 1. The highest BCUT2D eigenvalue weighted by Gasteiger charge is 2.23. The predicted octanol–water partition coefficient (Wildman–Crippen LogP) is 4.31. The van der Waals surface area contributed by atoms with Gasteiger partial charge in [0.25, 0.3) is 5.91 Å². The number of carbonyl (C=O) groups excluding carboxylic acids is 1. The zero-order chi connectivity index (χ0) is 24.1. The van der Waals surface area contributed by atoms with Gasteiger partial charge in [-0.1, -0.05) is 60.7 Å². The maximum absolute atomic E-state index is 12.7. The summed E-state index contributed by atoms with van der Waals surface area (Å²) in [6.45, 7) is 1.74. The molecule has 0 saturated heterocycles. The topological polar surface area (TPSA) is 88.1 Å². The van der Waals surface area contributed by atoms with Gasteiger partial charge < -0.3 is 4.74 Å². The Labute approximate surface area is 198 Å². The molecule has 1 amide bonds. The van der Waals surface area contributed by atoms with E-state index in [9.17, 15) is 13.2 Å². The Morgan fingerprint density at radius 2 is 1.56 bits per heavy atom. The maximum atomic E-state index is 12.7. The SMILES string of the molecule is CCOc1ccccc1N(CC(=O)N/N=C\c1c2ccccc2cc2ccccc12)S(C)(=O)=O. The highest BCUT2D eigenvalue weighted by Crippen LogP contribution is 2.30. The van der Waals surface area contributed by atoms with Crippen LogP contribution in [0, 0.1) is 0 Å². The Bertz CT molecular complexity index is 1430. The lowest BCUT2D eigenvalue weighted by Crippen LogP contribution is -2.39. The fourth-order valence-corrected chi connectivity index (χ4v) is 4.70. The molecule has 0 aliphatic heterocycles. The normalized spacial score (nSPS) is 11.7. The van der Waals surface area contributed by atoms with Gasteiger partial charge in [-0.25, -0.2) is 13.8 Å². The van der Waals surface area contributed by atoms with Crippen LogP contribution in [0.3, 0.4) is 0 Å². The molecule has 4 aromatic rings. The van der Waals surface area contributed by atoms with Crippen molar-refractivity contribution >= 4 is 49.4 Å². The summed E-state index contributed by atoms with van der Waals surface area (Å²) in [5, 5.41) is 8.28. The molecule has 0 atom stereocenters. The average Bonchev–Trinajstić information content (AvgIpc) is 2.82. The highest BCUT2D eigenvalue weighted by atomic mass is 32.2. The fourth-order valence-electron chi connectivity index (χ4n) is 3.84. The third-order valence-electron chi connectivity index (χ3n) is 5.32. The molecule has 1 N–H and O–H groups in total. The van der Waals surface area contributed by atoms with Crippen molar-refractivity contribution < 1.29 is 17.9 Å². The van der Waals surface area contributed by atoms with E-state index in [4.69, 9.17) is 4.74 Å². The molecular formula is C26H25N3O4S. The van der Waals surface area contributed by atoms with E-state index in [0.29, 0.717) is 18.0 Å². The van der Waals surface area contributed by atoms with Crippen LogP contribution < -0.4 is 14.5 Å². The van der Waals surface area contributed by atoms with Gasteiger partial charge in [0.05, 0.1) is 24.8 Å². The molecular weight excluding hydrogens is 450 g/mol. The number of rotatable bonds is 8. The van der Waals surface area contributed by atoms with E-state index < -0.39 is 22.5 Å². The monoisotopic (exact) mass is 475 g/mol. The quantitative estimate of drug-likeness (QED) is 0.234. The average molecular weight is 476 g/mol. The molecule has 8 heteroatoms. The molecule has 4 aromatic carbocycles. The maximum Gasteiger partial charge on any atom is 0.260 e. The third-order valence-corrected chi connectivity index (χ3v) is 6.44. The van der Waals surface area contributed by atoms with Crippen molar-refractivity contribution in [2.45, 2.75) is 6.92 Å². The third kappa shape index (κ3) is 5.02. The van der Waals surface area contributed by atoms with Gasteiger partial charge in [-0.3, -0.25) is 9.10 Å². The number of benzene rings is 4. The van der Waals surface area contributed by atoms with Gasteiger partial charge in [0.1, 0.15) is 12.3 Å². The number of carbonyl (C=O) groups is 1. The van der Waals surface area contributed by atoms with Crippen molar-refractivity contribution in [1.82, 2.24) is 5.43 Å². The van der Waals surface area contributed by atoms with Crippen LogP contribution in [0.5, 0.6) is 5.75 Å². The summed E-state index contributed by atoms with van der Waals surface area (Å²) in [6.07, 6.45) is 2.65. The number of nitrogens with one attached hydrogen (secondary N) is 1. The van der Waals surface area contributed by atoms with E-state index in [0.717, 1.165) is 37.7 Å². The number of amides is 1. The molecule has 0 heterocycles. The van der Waals surface area contributed by atoms with E-state index in [1.807, 2.05) is 48.5 Å². The summed E-state index contributed by atoms with van der Waals surface area (Å²) >= 11 is 0. The molecule has 0 aliphatic rings. The molecule has 34 heavy (non-hydrogen) atoms. The smallest absolute Gasteiger partial charge is 0.260 e. The van der Waals surface area contributed by atoms with E-state index in [1.54, 1.807) is 37.4 Å². The van der Waals surface area contributed by atoms with Crippen molar-refractivity contribution in [2.24, 2.45) is 5.10 Å². The minimum atomic E-state index is -3.75. The zero-order valence-corrected chi connectivity index (χ0v) is 19.7. The molecule has 0 spiro atoms. The Kier molecular flexibility index (Phi) is 6.79. The van der Waals surface area contributed by atoms with Crippen LogP contribution >= 0.6 is 0 Å². The summed E-state index contributed by atoms with van der Waals surface area (Å²) in [4.78, 5) is 12.7. The predicted molar refractivity (Wildman–Crippen MR) is 137 cm³/mol. The molecule has 4 rings (SSSR count). The second-order valence-electron chi connectivity index (χ2n) is 7.70. The van der Waals surface area contributed by atoms with Crippen LogP contribution in [0.2, 0.25) is 0 Å². The summed E-state index contributed by atoms with van der Waals surface area (Å²) in [6, 6.07) is 24.7. The van der Waals surface area contributed by atoms with Crippen LogP contribution in [-0.2, 0) is 14.8 Å². The number of hydrogen-bond donors (Lipinski definition) is 1. The van der Waals surface area contributed by atoms with E-state index >= 15 is 0 Å². The van der Waals surface area contributed by atoms with Crippen molar-refractivity contribution in [3.05, 3.63) is 84.4 Å². The summed E-state index contributed by atoms with van der Waals surface area (Å²) in [7, 11) is -3.75. The fraction of sp³-hybridized carbons (Fsp3) is 0.154. The number of hydrogen-bond acceptors (Lipinski definition) is 5. The number of hydrazone groups is 1. The van der Waals surface area contributed by atoms with Crippen molar-refractivity contribution in [1.29, 1.82) is 0 Å².